The maximum Gasteiger partial charge on any atom is 0.223 e. The number of amides is 1. The quantitative estimate of drug-likeness (QED) is 0.594. The van der Waals surface area contributed by atoms with E-state index in [1.807, 2.05) is 17.0 Å². The molecule has 27 heavy (non-hydrogen) atoms. The molecule has 3 aromatic rings. The first-order chi connectivity index (χ1) is 13.1. The van der Waals surface area contributed by atoms with Crippen LogP contribution in [0, 0.1) is 0 Å². The summed E-state index contributed by atoms with van der Waals surface area (Å²) in [5.41, 5.74) is 2.42. The molecular weight excluding hydrogens is 380 g/mol. The smallest absolute Gasteiger partial charge is 0.223 e. The second-order valence-corrected chi connectivity index (χ2v) is 8.71. The largest absolute Gasteiger partial charge is 0.358 e. The minimum Gasteiger partial charge on any atom is -0.358 e. The summed E-state index contributed by atoms with van der Waals surface area (Å²) in [6.45, 7) is 1.50. The number of hydrogen-bond acceptors (Lipinski definition) is 3. The van der Waals surface area contributed by atoms with Crippen molar-refractivity contribution in [2.75, 3.05) is 13.1 Å². The molecule has 0 atom stereocenters. The number of benzene rings is 1. The Labute approximate surface area is 167 Å². The zero-order chi connectivity index (χ0) is 18.8. The number of rotatable bonds is 5. The van der Waals surface area contributed by atoms with Crippen molar-refractivity contribution in [1.82, 2.24) is 9.88 Å². The molecule has 2 aromatic heterocycles. The SMILES string of the molecule is O=C(CCC(=O)N1CCC(c2cc3ccccc3[nH]2)CC1)c1ccc(Cl)s1. The topological polar surface area (TPSA) is 53.2 Å². The Balaban J connectivity index is 1.29. The van der Waals surface area contributed by atoms with E-state index in [1.165, 1.54) is 22.4 Å². The molecule has 1 amide bonds. The first-order valence-corrected chi connectivity index (χ1v) is 10.4. The minimum absolute atomic E-state index is 0.00629. The number of aromatic nitrogens is 1. The number of Topliss-reactive ketones (excluding diaryl/α,β-unsaturated/α-hetero) is 1. The number of piperidine rings is 1. The number of aromatic amines is 1. The van der Waals surface area contributed by atoms with Gasteiger partial charge in [0.15, 0.2) is 5.78 Å². The van der Waals surface area contributed by atoms with Crippen LogP contribution in [0.5, 0.6) is 0 Å². The number of nitrogens with zero attached hydrogens (tertiary/aromatic N) is 1. The number of para-hydroxylation sites is 1. The third-order valence-electron chi connectivity index (χ3n) is 5.25. The van der Waals surface area contributed by atoms with E-state index in [9.17, 15) is 9.59 Å². The Kier molecular flexibility index (Phi) is 5.32. The maximum atomic E-state index is 12.5. The number of hydrogen-bond donors (Lipinski definition) is 1. The summed E-state index contributed by atoms with van der Waals surface area (Å²) < 4.78 is 0.601. The molecule has 1 saturated heterocycles. The molecular formula is C21H21ClN2O2S. The van der Waals surface area contributed by atoms with Crippen molar-refractivity contribution in [3.05, 3.63) is 57.4 Å². The van der Waals surface area contributed by atoms with Gasteiger partial charge < -0.3 is 9.88 Å². The van der Waals surface area contributed by atoms with Gasteiger partial charge in [-0.15, -0.1) is 11.3 Å². The summed E-state index contributed by atoms with van der Waals surface area (Å²) in [7, 11) is 0. The van der Waals surface area contributed by atoms with E-state index in [0.29, 0.717) is 15.1 Å². The summed E-state index contributed by atoms with van der Waals surface area (Å²) in [6, 6.07) is 14.0. The molecule has 1 fully saturated rings. The number of H-pyrrole nitrogens is 1. The zero-order valence-corrected chi connectivity index (χ0v) is 16.5. The molecule has 0 aliphatic carbocycles. The molecule has 1 aromatic carbocycles. The molecule has 0 saturated carbocycles. The van der Waals surface area contributed by atoms with Crippen LogP contribution < -0.4 is 0 Å². The van der Waals surface area contributed by atoms with Gasteiger partial charge in [-0.2, -0.15) is 0 Å². The van der Waals surface area contributed by atoms with Crippen molar-refractivity contribution in [2.45, 2.75) is 31.6 Å². The highest BCUT2D eigenvalue weighted by molar-refractivity contribution is 7.18. The van der Waals surface area contributed by atoms with Gasteiger partial charge in [0, 0.05) is 43.1 Å². The number of halogens is 1. The van der Waals surface area contributed by atoms with Crippen LogP contribution in [0.3, 0.4) is 0 Å². The first kappa shape index (κ1) is 18.3. The van der Waals surface area contributed by atoms with Gasteiger partial charge in [0.1, 0.15) is 0 Å². The van der Waals surface area contributed by atoms with Crippen LogP contribution in [0.2, 0.25) is 4.34 Å². The van der Waals surface area contributed by atoms with Crippen LogP contribution in [0.4, 0.5) is 0 Å². The molecule has 1 aliphatic heterocycles. The minimum atomic E-state index is -0.00629. The third-order valence-corrected chi connectivity index (χ3v) is 6.52. The fourth-order valence-electron chi connectivity index (χ4n) is 3.72. The van der Waals surface area contributed by atoms with Gasteiger partial charge in [0.2, 0.25) is 5.91 Å². The fraction of sp³-hybridized carbons (Fsp3) is 0.333. The first-order valence-electron chi connectivity index (χ1n) is 9.24. The lowest BCUT2D eigenvalue weighted by Crippen LogP contribution is -2.38. The molecule has 1 N–H and O–H groups in total. The predicted octanol–water partition coefficient (Wildman–Crippen LogP) is 5.25. The fourth-order valence-corrected chi connectivity index (χ4v) is 4.73. The van der Waals surface area contributed by atoms with Crippen molar-refractivity contribution < 1.29 is 9.59 Å². The number of ketones is 1. The van der Waals surface area contributed by atoms with E-state index in [-0.39, 0.29) is 24.5 Å². The van der Waals surface area contributed by atoms with E-state index < -0.39 is 0 Å². The standard InChI is InChI=1S/C21H21ClN2O2S/c22-20-7-6-19(27-20)18(25)5-8-21(26)24-11-9-14(10-12-24)17-13-15-3-1-2-4-16(15)23-17/h1-4,6-7,13-14,23H,5,8-12H2. The molecule has 4 nitrogen and oxygen atoms in total. The van der Waals surface area contributed by atoms with Gasteiger partial charge in [0.05, 0.1) is 9.21 Å². The van der Waals surface area contributed by atoms with Gasteiger partial charge in [0.25, 0.3) is 0 Å². The zero-order valence-electron chi connectivity index (χ0n) is 14.9. The number of carbonyl (C=O) groups excluding carboxylic acids is 2. The lowest BCUT2D eigenvalue weighted by Gasteiger charge is -2.31. The summed E-state index contributed by atoms with van der Waals surface area (Å²) in [5, 5.41) is 1.23. The summed E-state index contributed by atoms with van der Waals surface area (Å²) >= 11 is 7.14. The Bertz CT molecular complexity index is 936. The Morgan fingerprint density at radius 2 is 1.89 bits per heavy atom. The van der Waals surface area contributed by atoms with Crippen LogP contribution >= 0.6 is 22.9 Å². The number of thiophene rings is 1. The van der Waals surface area contributed by atoms with Crippen molar-refractivity contribution in [2.24, 2.45) is 0 Å². The van der Waals surface area contributed by atoms with Crippen LogP contribution in [0.1, 0.15) is 47.0 Å². The van der Waals surface area contributed by atoms with Crippen LogP contribution in [0.25, 0.3) is 10.9 Å². The highest BCUT2D eigenvalue weighted by Crippen LogP contribution is 2.30. The number of carbonyl (C=O) groups is 2. The second-order valence-electron chi connectivity index (χ2n) is 6.99. The monoisotopic (exact) mass is 400 g/mol. The average molecular weight is 401 g/mol. The van der Waals surface area contributed by atoms with E-state index in [2.05, 4.69) is 23.2 Å². The highest BCUT2D eigenvalue weighted by atomic mass is 35.5. The summed E-state index contributed by atoms with van der Waals surface area (Å²) in [5.74, 6) is 0.519. The summed E-state index contributed by atoms with van der Waals surface area (Å²) in [6.07, 6.45) is 2.42. The second kappa shape index (κ2) is 7.87. The highest BCUT2D eigenvalue weighted by Gasteiger charge is 2.25. The average Bonchev–Trinajstić information content (AvgIpc) is 3.32. The van der Waals surface area contributed by atoms with Crippen LogP contribution in [0.15, 0.2) is 42.5 Å². The van der Waals surface area contributed by atoms with Gasteiger partial charge in [-0.1, -0.05) is 29.8 Å². The number of likely N-dealkylation sites (tertiary alicyclic amines) is 1. The van der Waals surface area contributed by atoms with E-state index in [1.54, 1.807) is 12.1 Å². The predicted molar refractivity (Wildman–Crippen MR) is 110 cm³/mol. The molecule has 4 rings (SSSR count). The van der Waals surface area contributed by atoms with E-state index >= 15 is 0 Å². The lowest BCUT2D eigenvalue weighted by atomic mass is 9.93. The van der Waals surface area contributed by atoms with Gasteiger partial charge in [-0.3, -0.25) is 9.59 Å². The molecule has 0 spiro atoms. The van der Waals surface area contributed by atoms with Crippen LogP contribution in [-0.2, 0) is 4.79 Å². The lowest BCUT2D eigenvalue weighted by molar-refractivity contribution is -0.132. The van der Waals surface area contributed by atoms with Gasteiger partial charge in [-0.05, 0) is 42.5 Å². The van der Waals surface area contributed by atoms with Gasteiger partial charge >= 0.3 is 0 Å². The third kappa shape index (κ3) is 4.09. The number of nitrogens with one attached hydrogen (secondary N) is 1. The molecule has 1 aliphatic rings. The molecule has 6 heteroatoms. The van der Waals surface area contributed by atoms with Gasteiger partial charge in [-0.25, -0.2) is 0 Å². The van der Waals surface area contributed by atoms with Crippen molar-refractivity contribution in [3.8, 4) is 0 Å². The Morgan fingerprint density at radius 1 is 1.11 bits per heavy atom. The molecule has 0 radical (unpaired) electrons. The van der Waals surface area contributed by atoms with Crippen molar-refractivity contribution >= 4 is 45.5 Å². The molecule has 3 heterocycles. The van der Waals surface area contributed by atoms with E-state index in [0.717, 1.165) is 31.4 Å². The van der Waals surface area contributed by atoms with Crippen molar-refractivity contribution in [1.29, 1.82) is 0 Å². The normalized spacial score (nSPS) is 15.4. The van der Waals surface area contributed by atoms with E-state index in [4.69, 9.17) is 11.6 Å². The Hall–Kier alpha value is -2.11. The van der Waals surface area contributed by atoms with Crippen LogP contribution in [-0.4, -0.2) is 34.7 Å². The maximum absolute atomic E-state index is 12.5. The number of fused-ring (bicyclic) bond motifs is 1. The molecule has 0 bridgehead atoms. The van der Waals surface area contributed by atoms with Crippen molar-refractivity contribution in [3.63, 3.8) is 0 Å². The summed E-state index contributed by atoms with van der Waals surface area (Å²) in [4.78, 5) is 30.6. The molecule has 0 unspecified atom stereocenters. The Morgan fingerprint density at radius 3 is 2.59 bits per heavy atom. The molecule has 140 valence electrons.